The third-order valence-corrected chi connectivity index (χ3v) is 1.39. The molecule has 0 saturated heterocycles. The summed E-state index contributed by atoms with van der Waals surface area (Å²) in [5.41, 5.74) is 0.243. The van der Waals surface area contributed by atoms with Gasteiger partial charge in [0.15, 0.2) is 0 Å². The fraction of sp³-hybridized carbons (Fsp3) is 0. The first-order valence-electron chi connectivity index (χ1n) is 3.29. The second-order valence-electron chi connectivity index (χ2n) is 2.21. The van der Waals surface area contributed by atoms with Crippen LogP contribution in [0.3, 0.4) is 0 Å². The Bertz CT molecular complexity index is 384. The fourth-order valence-corrected chi connectivity index (χ4v) is 0.973. The molecule has 0 saturated carbocycles. The molecule has 2 nitrogen and oxygen atoms in total. The number of aliphatic carboxylic acids is 1. The van der Waals surface area contributed by atoms with E-state index in [1.807, 2.05) is 5.92 Å². The molecule has 0 radical (unpaired) electrons. The number of hydrogen-bond acceptors (Lipinski definition) is 1. The van der Waals surface area contributed by atoms with Crippen molar-refractivity contribution in [1.82, 2.24) is 0 Å². The maximum atomic E-state index is 12.7. The number of carboxylic acid groups (broad SMARTS) is 1. The third-order valence-electron chi connectivity index (χ3n) is 1.18. The molecule has 0 amide bonds. The van der Waals surface area contributed by atoms with Crippen LogP contribution in [-0.2, 0) is 4.79 Å². The minimum absolute atomic E-state index is 0.190. The molecule has 0 unspecified atom stereocenters. The van der Waals surface area contributed by atoms with Crippen molar-refractivity contribution in [1.29, 1.82) is 0 Å². The van der Waals surface area contributed by atoms with Gasteiger partial charge in [0.05, 0.1) is 0 Å². The lowest BCUT2D eigenvalue weighted by Gasteiger charge is -1.92. The van der Waals surface area contributed by atoms with E-state index in [-0.39, 0.29) is 10.6 Å². The molecule has 0 bridgehead atoms. The monoisotopic (exact) mass is 198 g/mol. The summed E-state index contributed by atoms with van der Waals surface area (Å²) in [5.74, 6) is 2.31. The van der Waals surface area contributed by atoms with Crippen molar-refractivity contribution >= 4 is 17.6 Å². The van der Waals surface area contributed by atoms with Crippen LogP contribution in [0.4, 0.5) is 4.39 Å². The first-order chi connectivity index (χ1) is 6.08. The van der Waals surface area contributed by atoms with Crippen LogP contribution in [0.25, 0.3) is 0 Å². The molecule has 66 valence electrons. The van der Waals surface area contributed by atoms with E-state index in [1.165, 1.54) is 6.07 Å². The van der Waals surface area contributed by atoms with Gasteiger partial charge in [0, 0.05) is 16.5 Å². The summed E-state index contributed by atoms with van der Waals surface area (Å²) >= 11 is 5.51. The minimum atomic E-state index is -1.26. The van der Waals surface area contributed by atoms with Crippen molar-refractivity contribution in [2.24, 2.45) is 0 Å². The molecule has 0 fully saturated rings. The zero-order chi connectivity index (χ0) is 9.84. The summed E-state index contributed by atoms with van der Waals surface area (Å²) in [4.78, 5) is 10.0. The van der Waals surface area contributed by atoms with Crippen LogP contribution in [0.5, 0.6) is 0 Å². The number of carboxylic acids is 1. The molecule has 13 heavy (non-hydrogen) atoms. The van der Waals surface area contributed by atoms with E-state index in [0.29, 0.717) is 0 Å². The van der Waals surface area contributed by atoms with Crippen LogP contribution in [-0.4, -0.2) is 11.1 Å². The lowest BCUT2D eigenvalue weighted by Crippen LogP contribution is -1.87. The molecule has 0 aliphatic carbocycles. The molecule has 0 aliphatic rings. The predicted octanol–water partition coefficient (Wildman–Crippen LogP) is 1.92. The largest absolute Gasteiger partial charge is 0.472 e. The minimum Gasteiger partial charge on any atom is -0.472 e. The van der Waals surface area contributed by atoms with E-state index in [1.54, 1.807) is 0 Å². The highest BCUT2D eigenvalue weighted by Gasteiger charge is 1.96. The van der Waals surface area contributed by atoms with Gasteiger partial charge < -0.3 is 5.11 Å². The van der Waals surface area contributed by atoms with Crippen LogP contribution in [0.1, 0.15) is 5.56 Å². The van der Waals surface area contributed by atoms with Gasteiger partial charge in [-0.1, -0.05) is 17.5 Å². The van der Waals surface area contributed by atoms with E-state index >= 15 is 0 Å². The van der Waals surface area contributed by atoms with Crippen molar-refractivity contribution < 1.29 is 14.3 Å². The summed E-state index contributed by atoms with van der Waals surface area (Å²) < 4.78 is 12.7. The Morgan fingerprint density at radius 2 is 2.15 bits per heavy atom. The van der Waals surface area contributed by atoms with Gasteiger partial charge >= 0.3 is 5.97 Å². The van der Waals surface area contributed by atoms with Gasteiger partial charge in [-0.3, -0.25) is 0 Å². The maximum Gasteiger partial charge on any atom is 0.382 e. The zero-order valence-electron chi connectivity index (χ0n) is 6.34. The highest BCUT2D eigenvalue weighted by molar-refractivity contribution is 6.30. The molecule has 4 heteroatoms. The van der Waals surface area contributed by atoms with E-state index in [2.05, 4.69) is 5.92 Å². The number of rotatable bonds is 0. The van der Waals surface area contributed by atoms with Crippen molar-refractivity contribution in [3.8, 4) is 11.8 Å². The molecular formula is C9H4ClFO2. The lowest BCUT2D eigenvalue weighted by atomic mass is 10.2. The zero-order valence-corrected chi connectivity index (χ0v) is 7.10. The van der Waals surface area contributed by atoms with E-state index in [0.717, 1.165) is 12.1 Å². The van der Waals surface area contributed by atoms with Crippen molar-refractivity contribution in [2.45, 2.75) is 0 Å². The average molecular weight is 199 g/mol. The Balaban J connectivity index is 3.04. The van der Waals surface area contributed by atoms with Gasteiger partial charge in [0.1, 0.15) is 5.82 Å². The highest BCUT2D eigenvalue weighted by atomic mass is 35.5. The molecule has 1 aromatic rings. The maximum absolute atomic E-state index is 12.7. The van der Waals surface area contributed by atoms with Gasteiger partial charge in [-0.15, -0.1) is 0 Å². The molecule has 1 rings (SSSR count). The quantitative estimate of drug-likeness (QED) is 0.647. The number of halogens is 2. The van der Waals surface area contributed by atoms with Crippen LogP contribution in [0.15, 0.2) is 18.2 Å². The Kier molecular flexibility index (Phi) is 2.88. The second kappa shape index (κ2) is 3.92. The van der Waals surface area contributed by atoms with Crippen LogP contribution in [0.2, 0.25) is 5.02 Å². The normalized spacial score (nSPS) is 8.77. The van der Waals surface area contributed by atoms with Gasteiger partial charge in [0.25, 0.3) is 0 Å². The standard InChI is InChI=1S/C9H4ClFO2/c10-7-3-6(1-2-9(12)13)4-8(11)5-7/h3-5H,(H,12,13). The Morgan fingerprint density at radius 3 is 2.69 bits per heavy atom. The number of carbonyl (C=O) groups is 1. The van der Waals surface area contributed by atoms with Crippen molar-refractivity contribution in [3.63, 3.8) is 0 Å². The van der Waals surface area contributed by atoms with E-state index < -0.39 is 11.8 Å². The molecule has 1 aromatic carbocycles. The van der Waals surface area contributed by atoms with Crippen LogP contribution in [0, 0.1) is 17.7 Å². The lowest BCUT2D eigenvalue weighted by molar-refractivity contribution is -0.130. The average Bonchev–Trinajstić information content (AvgIpc) is 1.99. The molecule has 0 aliphatic heterocycles. The summed E-state index contributed by atoms with van der Waals surface area (Å²) in [7, 11) is 0. The van der Waals surface area contributed by atoms with E-state index in [4.69, 9.17) is 16.7 Å². The molecule has 1 N–H and O–H groups in total. The summed E-state index contributed by atoms with van der Waals surface area (Å²) in [6.45, 7) is 0. The SMILES string of the molecule is O=C(O)C#Cc1cc(F)cc(Cl)c1. The third kappa shape index (κ3) is 3.14. The second-order valence-corrected chi connectivity index (χ2v) is 2.65. The predicted molar refractivity (Wildman–Crippen MR) is 45.9 cm³/mol. The van der Waals surface area contributed by atoms with E-state index in [9.17, 15) is 9.18 Å². The van der Waals surface area contributed by atoms with Gasteiger partial charge in [-0.2, -0.15) is 0 Å². The smallest absolute Gasteiger partial charge is 0.382 e. The summed E-state index contributed by atoms with van der Waals surface area (Å²) in [5, 5.41) is 8.40. The molecule has 0 heterocycles. The van der Waals surface area contributed by atoms with Crippen LogP contribution >= 0.6 is 11.6 Å². The summed E-state index contributed by atoms with van der Waals surface area (Å²) in [6.07, 6.45) is 0. The van der Waals surface area contributed by atoms with Crippen molar-refractivity contribution in [2.75, 3.05) is 0 Å². The Morgan fingerprint density at radius 1 is 1.46 bits per heavy atom. The summed E-state index contributed by atoms with van der Waals surface area (Å²) in [6, 6.07) is 3.62. The van der Waals surface area contributed by atoms with Crippen molar-refractivity contribution in [3.05, 3.63) is 34.6 Å². The fourth-order valence-electron chi connectivity index (χ4n) is 0.752. The Labute approximate surface area is 79.0 Å². The molecule has 0 spiro atoms. The van der Waals surface area contributed by atoms with Gasteiger partial charge in [-0.25, -0.2) is 9.18 Å². The first kappa shape index (κ1) is 9.56. The number of hydrogen-bond donors (Lipinski definition) is 1. The van der Waals surface area contributed by atoms with Crippen LogP contribution < -0.4 is 0 Å². The number of benzene rings is 1. The topological polar surface area (TPSA) is 37.3 Å². The first-order valence-corrected chi connectivity index (χ1v) is 3.67. The van der Waals surface area contributed by atoms with Gasteiger partial charge in [0.2, 0.25) is 0 Å². The molecule has 0 atom stereocenters. The highest BCUT2D eigenvalue weighted by Crippen LogP contribution is 2.12. The van der Waals surface area contributed by atoms with Gasteiger partial charge in [-0.05, 0) is 18.2 Å². The molecular weight excluding hydrogens is 195 g/mol. The Hall–Kier alpha value is -1.53. The molecule has 0 aromatic heterocycles.